The van der Waals surface area contributed by atoms with Gasteiger partial charge in [0.2, 0.25) is 11.8 Å². The van der Waals surface area contributed by atoms with E-state index in [0.717, 1.165) is 10.6 Å². The summed E-state index contributed by atoms with van der Waals surface area (Å²) in [7, 11) is 1.58. The van der Waals surface area contributed by atoms with Gasteiger partial charge in [0.05, 0.1) is 38.1 Å². The van der Waals surface area contributed by atoms with Crippen LogP contribution in [0.3, 0.4) is 0 Å². The Hall–Kier alpha value is -3.06. The molecule has 150 valence electrons. The second-order valence-electron chi connectivity index (χ2n) is 6.93. The fourth-order valence-electron chi connectivity index (χ4n) is 3.61. The van der Waals surface area contributed by atoms with Gasteiger partial charge in [0, 0.05) is 17.8 Å². The number of hydrogen-bond donors (Lipinski definition) is 0. The monoisotopic (exact) mass is 410 g/mol. The van der Waals surface area contributed by atoms with Crippen LogP contribution < -0.4 is 9.64 Å². The Morgan fingerprint density at radius 2 is 2.07 bits per heavy atom. The maximum Gasteiger partial charge on any atom is 0.228 e. The second kappa shape index (κ2) is 8.53. The molecule has 0 radical (unpaired) electrons. The molecule has 0 saturated carbocycles. The third kappa shape index (κ3) is 4.19. The van der Waals surface area contributed by atoms with Gasteiger partial charge in [-0.05, 0) is 35.7 Å². The summed E-state index contributed by atoms with van der Waals surface area (Å²) in [6.07, 6.45) is 1.79. The van der Waals surface area contributed by atoms with Crippen molar-refractivity contribution in [2.75, 3.05) is 18.6 Å². The minimum absolute atomic E-state index is 0.0412. The Balaban J connectivity index is 1.53. The van der Waals surface area contributed by atoms with Crippen molar-refractivity contribution in [3.63, 3.8) is 0 Å². The maximum atomic E-state index is 13.4. The predicted molar refractivity (Wildman–Crippen MR) is 111 cm³/mol. The number of carbonyl (C=O) groups excluding carboxylic acids is 2. The van der Waals surface area contributed by atoms with E-state index in [1.807, 2.05) is 53.9 Å². The van der Waals surface area contributed by atoms with Gasteiger partial charge in [-0.15, -0.1) is 11.3 Å². The number of methoxy groups -OCH3 is 1. The molecule has 2 aromatic heterocycles. The number of rotatable bonds is 7. The van der Waals surface area contributed by atoms with Crippen molar-refractivity contribution in [2.45, 2.75) is 19.5 Å². The van der Waals surface area contributed by atoms with Crippen LogP contribution in [0.25, 0.3) is 0 Å². The van der Waals surface area contributed by atoms with Crippen LogP contribution in [0.2, 0.25) is 0 Å². The molecule has 3 aromatic rings. The maximum absolute atomic E-state index is 13.4. The van der Waals surface area contributed by atoms with Crippen LogP contribution in [0.15, 0.2) is 64.6 Å². The molecule has 4 rings (SSSR count). The minimum atomic E-state index is -0.401. The average Bonchev–Trinajstić information content (AvgIpc) is 3.49. The fraction of sp³-hybridized carbons (Fsp3) is 0.273. The number of furan rings is 1. The lowest BCUT2D eigenvalue weighted by Gasteiger charge is -2.25. The summed E-state index contributed by atoms with van der Waals surface area (Å²) in [5, 5.41) is 1.99. The van der Waals surface area contributed by atoms with Gasteiger partial charge in [-0.3, -0.25) is 9.59 Å². The van der Waals surface area contributed by atoms with E-state index in [0.29, 0.717) is 31.1 Å². The van der Waals surface area contributed by atoms with Crippen LogP contribution >= 0.6 is 11.3 Å². The van der Waals surface area contributed by atoms with Gasteiger partial charge in [-0.1, -0.05) is 18.2 Å². The van der Waals surface area contributed by atoms with E-state index < -0.39 is 5.92 Å². The van der Waals surface area contributed by atoms with Crippen LogP contribution in [0.4, 0.5) is 5.69 Å². The SMILES string of the molecule is COc1ccccc1N1CC(C(=O)N(Cc2ccco2)Cc2cccs2)CC1=O. The molecule has 1 saturated heterocycles. The molecule has 1 aliphatic rings. The zero-order valence-corrected chi connectivity index (χ0v) is 16.9. The highest BCUT2D eigenvalue weighted by Gasteiger charge is 2.38. The van der Waals surface area contributed by atoms with Crippen molar-refractivity contribution in [1.29, 1.82) is 0 Å². The summed E-state index contributed by atoms with van der Waals surface area (Å²) in [6.45, 7) is 1.22. The molecular weight excluding hydrogens is 388 g/mol. The molecule has 7 heteroatoms. The Kier molecular flexibility index (Phi) is 5.67. The molecule has 1 aromatic carbocycles. The first-order valence-corrected chi connectivity index (χ1v) is 10.3. The van der Waals surface area contributed by atoms with Crippen LogP contribution in [-0.2, 0) is 22.7 Å². The number of benzene rings is 1. The highest BCUT2D eigenvalue weighted by molar-refractivity contribution is 7.09. The van der Waals surface area contributed by atoms with Crippen molar-refractivity contribution in [1.82, 2.24) is 4.90 Å². The van der Waals surface area contributed by atoms with Gasteiger partial charge >= 0.3 is 0 Å². The van der Waals surface area contributed by atoms with Crippen LogP contribution in [0, 0.1) is 5.92 Å². The fourth-order valence-corrected chi connectivity index (χ4v) is 4.33. The molecular formula is C22H22N2O4S. The van der Waals surface area contributed by atoms with E-state index in [1.54, 1.807) is 34.5 Å². The number of anilines is 1. The van der Waals surface area contributed by atoms with Crippen LogP contribution in [0.5, 0.6) is 5.75 Å². The number of para-hydroxylation sites is 2. The van der Waals surface area contributed by atoms with Crippen molar-refractivity contribution in [3.05, 3.63) is 70.8 Å². The van der Waals surface area contributed by atoms with E-state index in [2.05, 4.69) is 0 Å². The molecule has 0 N–H and O–H groups in total. The van der Waals surface area contributed by atoms with Crippen molar-refractivity contribution < 1.29 is 18.7 Å². The average molecular weight is 410 g/mol. The molecule has 3 heterocycles. The lowest BCUT2D eigenvalue weighted by atomic mass is 10.1. The number of nitrogens with zero attached hydrogens (tertiary/aromatic N) is 2. The summed E-state index contributed by atoms with van der Waals surface area (Å²) in [5.74, 6) is 0.839. The molecule has 1 aliphatic heterocycles. The highest BCUT2D eigenvalue weighted by atomic mass is 32.1. The minimum Gasteiger partial charge on any atom is -0.495 e. The van der Waals surface area contributed by atoms with E-state index in [9.17, 15) is 9.59 Å². The third-order valence-corrected chi connectivity index (χ3v) is 5.88. The first kappa shape index (κ1) is 19.3. The van der Waals surface area contributed by atoms with Crippen molar-refractivity contribution >= 4 is 28.8 Å². The summed E-state index contributed by atoms with van der Waals surface area (Å²) in [4.78, 5) is 30.6. The van der Waals surface area contributed by atoms with E-state index >= 15 is 0 Å². The predicted octanol–water partition coefficient (Wildman–Crippen LogP) is 3.93. The first-order chi connectivity index (χ1) is 14.2. The number of thiophene rings is 1. The molecule has 6 nitrogen and oxygen atoms in total. The zero-order chi connectivity index (χ0) is 20.2. The molecule has 0 bridgehead atoms. The van der Waals surface area contributed by atoms with E-state index in [4.69, 9.17) is 9.15 Å². The molecule has 1 fully saturated rings. The molecule has 1 unspecified atom stereocenters. The van der Waals surface area contributed by atoms with Gasteiger partial charge in [-0.2, -0.15) is 0 Å². The summed E-state index contributed by atoms with van der Waals surface area (Å²) < 4.78 is 10.8. The highest BCUT2D eigenvalue weighted by Crippen LogP contribution is 2.33. The quantitative estimate of drug-likeness (QED) is 0.592. The Morgan fingerprint density at radius 3 is 2.79 bits per heavy atom. The molecule has 29 heavy (non-hydrogen) atoms. The van der Waals surface area contributed by atoms with E-state index in [1.165, 1.54) is 0 Å². The van der Waals surface area contributed by atoms with Gasteiger partial charge in [0.1, 0.15) is 11.5 Å². The standard InChI is InChI=1S/C22H22N2O4S/c1-27-20-9-3-2-8-19(20)24-13-16(12-21(24)25)22(26)23(14-17-6-4-10-28-17)15-18-7-5-11-29-18/h2-11,16H,12-15H2,1H3. The van der Waals surface area contributed by atoms with E-state index in [-0.39, 0.29) is 18.2 Å². The lowest BCUT2D eigenvalue weighted by molar-refractivity contribution is -0.137. The Morgan fingerprint density at radius 1 is 1.21 bits per heavy atom. The Bertz CT molecular complexity index is 932. The van der Waals surface area contributed by atoms with Gasteiger partial charge in [0.15, 0.2) is 0 Å². The molecule has 0 aliphatic carbocycles. The smallest absolute Gasteiger partial charge is 0.228 e. The van der Waals surface area contributed by atoms with Crippen LogP contribution in [0.1, 0.15) is 17.1 Å². The zero-order valence-electron chi connectivity index (χ0n) is 16.1. The molecule has 1 atom stereocenters. The van der Waals surface area contributed by atoms with Gasteiger partial charge in [0.25, 0.3) is 0 Å². The lowest BCUT2D eigenvalue weighted by Crippen LogP contribution is -2.36. The molecule has 2 amide bonds. The summed E-state index contributed by atoms with van der Waals surface area (Å²) in [5.41, 5.74) is 0.700. The normalized spacial score (nSPS) is 16.2. The number of carbonyl (C=O) groups is 2. The third-order valence-electron chi connectivity index (χ3n) is 5.02. The topological polar surface area (TPSA) is 63.0 Å². The van der Waals surface area contributed by atoms with Crippen molar-refractivity contribution in [3.8, 4) is 5.75 Å². The van der Waals surface area contributed by atoms with Crippen LogP contribution in [-0.4, -0.2) is 30.4 Å². The number of amides is 2. The number of hydrogen-bond acceptors (Lipinski definition) is 5. The number of ether oxygens (including phenoxy) is 1. The second-order valence-corrected chi connectivity index (χ2v) is 7.96. The van der Waals surface area contributed by atoms with Crippen molar-refractivity contribution in [2.24, 2.45) is 5.92 Å². The largest absolute Gasteiger partial charge is 0.495 e. The van der Waals surface area contributed by atoms with Gasteiger partial charge < -0.3 is 19.0 Å². The first-order valence-electron chi connectivity index (χ1n) is 9.42. The molecule has 0 spiro atoms. The van der Waals surface area contributed by atoms with Gasteiger partial charge in [-0.25, -0.2) is 0 Å². The summed E-state index contributed by atoms with van der Waals surface area (Å²) in [6, 6.07) is 15.0. The summed E-state index contributed by atoms with van der Waals surface area (Å²) >= 11 is 1.61. The Labute approximate surface area is 173 Å².